The molecular formula is C19H14ClF3N4O. The summed E-state index contributed by atoms with van der Waals surface area (Å²) in [5.74, 6) is 0.727. The smallest absolute Gasteiger partial charge is 0.417 e. The molecule has 0 bridgehead atoms. The zero-order chi connectivity index (χ0) is 20.5. The molecule has 0 spiro atoms. The van der Waals surface area contributed by atoms with Crippen LogP contribution in [-0.2, 0) is 13.2 Å². The summed E-state index contributed by atoms with van der Waals surface area (Å²) in [4.78, 5) is 0. The lowest BCUT2D eigenvalue weighted by Gasteiger charge is -2.16. The van der Waals surface area contributed by atoms with Crippen LogP contribution in [0, 0.1) is 11.3 Å². The van der Waals surface area contributed by atoms with Gasteiger partial charge in [-0.1, -0.05) is 29.8 Å². The number of hydrogen-bond donors (Lipinski definition) is 0. The summed E-state index contributed by atoms with van der Waals surface area (Å²) in [6, 6.07) is 11.7. The van der Waals surface area contributed by atoms with Crippen LogP contribution in [0.2, 0.25) is 5.02 Å². The number of nitrogens with zero attached hydrogens (tertiary/aromatic N) is 4. The molecular weight excluding hydrogens is 393 g/mol. The van der Waals surface area contributed by atoms with Crippen LogP contribution in [0.25, 0.3) is 11.4 Å². The van der Waals surface area contributed by atoms with Crippen LogP contribution >= 0.6 is 11.6 Å². The van der Waals surface area contributed by atoms with E-state index in [1.807, 2.05) is 6.07 Å². The van der Waals surface area contributed by atoms with Crippen LogP contribution in [0.4, 0.5) is 13.2 Å². The fraction of sp³-hybridized carbons (Fsp3) is 0.211. The molecule has 0 fully saturated rings. The minimum absolute atomic E-state index is 0.0696. The first-order valence-electron chi connectivity index (χ1n) is 8.14. The molecule has 1 unspecified atom stereocenters. The van der Waals surface area contributed by atoms with Gasteiger partial charge in [0.2, 0.25) is 0 Å². The van der Waals surface area contributed by atoms with Crippen molar-refractivity contribution in [3.63, 3.8) is 0 Å². The second-order valence-corrected chi connectivity index (χ2v) is 6.41. The zero-order valence-electron chi connectivity index (χ0n) is 14.8. The summed E-state index contributed by atoms with van der Waals surface area (Å²) >= 11 is 6.11. The molecule has 2 aromatic carbocycles. The van der Waals surface area contributed by atoms with Crippen molar-refractivity contribution in [2.45, 2.75) is 19.2 Å². The van der Waals surface area contributed by atoms with Gasteiger partial charge in [0, 0.05) is 12.6 Å². The average molecular weight is 407 g/mol. The van der Waals surface area contributed by atoms with Crippen LogP contribution in [0.5, 0.6) is 5.75 Å². The number of rotatable bonds is 4. The molecule has 0 saturated heterocycles. The van der Waals surface area contributed by atoms with Gasteiger partial charge in [-0.25, -0.2) is 0 Å². The molecule has 0 saturated carbocycles. The summed E-state index contributed by atoms with van der Waals surface area (Å²) < 4.78 is 47.1. The van der Waals surface area contributed by atoms with Gasteiger partial charge >= 0.3 is 6.18 Å². The van der Waals surface area contributed by atoms with Crippen molar-refractivity contribution >= 4 is 11.6 Å². The van der Waals surface area contributed by atoms with Crippen LogP contribution in [0.15, 0.2) is 42.5 Å². The van der Waals surface area contributed by atoms with Gasteiger partial charge in [0.15, 0.2) is 17.8 Å². The fourth-order valence-electron chi connectivity index (χ4n) is 2.76. The van der Waals surface area contributed by atoms with E-state index in [1.165, 1.54) is 28.8 Å². The molecule has 0 aliphatic carbocycles. The van der Waals surface area contributed by atoms with Crippen molar-refractivity contribution in [3.8, 4) is 23.2 Å². The molecule has 1 aromatic heterocycles. The van der Waals surface area contributed by atoms with Crippen molar-refractivity contribution in [2.75, 3.05) is 0 Å². The Hall–Kier alpha value is -3.05. The molecule has 1 atom stereocenters. The highest BCUT2D eigenvalue weighted by atomic mass is 35.5. The number of halogens is 4. The third-order valence-corrected chi connectivity index (χ3v) is 4.41. The summed E-state index contributed by atoms with van der Waals surface area (Å²) in [6.45, 7) is 1.68. The Labute approximate surface area is 164 Å². The van der Waals surface area contributed by atoms with Crippen LogP contribution in [0.3, 0.4) is 0 Å². The Kier molecular flexibility index (Phi) is 5.29. The van der Waals surface area contributed by atoms with E-state index in [-0.39, 0.29) is 16.4 Å². The summed E-state index contributed by atoms with van der Waals surface area (Å²) in [6.07, 6.45) is -5.16. The molecule has 0 radical (unpaired) electrons. The van der Waals surface area contributed by atoms with E-state index < -0.39 is 17.8 Å². The lowest BCUT2D eigenvalue weighted by Crippen LogP contribution is -2.12. The Bertz CT molecular complexity index is 1060. The Morgan fingerprint density at radius 3 is 2.54 bits per heavy atom. The van der Waals surface area contributed by atoms with Gasteiger partial charge in [-0.15, -0.1) is 10.2 Å². The minimum atomic E-state index is -4.51. The first-order chi connectivity index (χ1) is 13.2. The Morgan fingerprint density at radius 2 is 1.89 bits per heavy atom. The maximum atomic E-state index is 13.3. The van der Waals surface area contributed by atoms with Crippen molar-refractivity contribution in [1.82, 2.24) is 14.8 Å². The quantitative estimate of drug-likeness (QED) is 0.600. The number of aromatic nitrogens is 3. The number of ether oxygens (including phenoxy) is 1. The van der Waals surface area contributed by atoms with Crippen LogP contribution < -0.4 is 4.74 Å². The molecule has 0 aliphatic rings. The molecule has 0 aliphatic heterocycles. The van der Waals surface area contributed by atoms with Gasteiger partial charge in [0.1, 0.15) is 5.75 Å². The van der Waals surface area contributed by atoms with Crippen LogP contribution in [-0.4, -0.2) is 14.8 Å². The maximum absolute atomic E-state index is 13.3. The van der Waals surface area contributed by atoms with Crippen molar-refractivity contribution in [1.29, 1.82) is 5.26 Å². The Morgan fingerprint density at radius 1 is 1.18 bits per heavy atom. The first kappa shape index (κ1) is 19.7. The highest BCUT2D eigenvalue weighted by molar-refractivity contribution is 6.32. The second kappa shape index (κ2) is 7.52. The van der Waals surface area contributed by atoms with E-state index in [2.05, 4.69) is 10.2 Å². The van der Waals surface area contributed by atoms with E-state index in [0.29, 0.717) is 17.1 Å². The van der Waals surface area contributed by atoms with Gasteiger partial charge in [0.05, 0.1) is 22.2 Å². The molecule has 28 heavy (non-hydrogen) atoms. The summed E-state index contributed by atoms with van der Waals surface area (Å²) in [5.41, 5.74) is -0.477. The van der Waals surface area contributed by atoms with E-state index >= 15 is 0 Å². The molecule has 0 N–H and O–H groups in total. The van der Waals surface area contributed by atoms with Crippen molar-refractivity contribution in [2.24, 2.45) is 7.05 Å². The summed E-state index contributed by atoms with van der Waals surface area (Å²) in [7, 11) is 1.57. The third-order valence-electron chi connectivity index (χ3n) is 4.11. The van der Waals surface area contributed by atoms with Gasteiger partial charge in [0.25, 0.3) is 0 Å². The van der Waals surface area contributed by atoms with E-state index in [0.717, 1.165) is 6.07 Å². The maximum Gasteiger partial charge on any atom is 0.417 e. The molecule has 3 rings (SSSR count). The van der Waals surface area contributed by atoms with Crippen LogP contribution in [0.1, 0.15) is 30.0 Å². The minimum Gasteiger partial charge on any atom is -0.481 e. The second-order valence-electron chi connectivity index (χ2n) is 6.00. The number of alkyl halides is 3. The van der Waals surface area contributed by atoms with Gasteiger partial charge in [-0.05, 0) is 31.2 Å². The molecule has 3 aromatic rings. The molecule has 144 valence electrons. The molecule has 9 heteroatoms. The van der Waals surface area contributed by atoms with E-state index in [9.17, 15) is 13.2 Å². The van der Waals surface area contributed by atoms with Gasteiger partial charge in [-0.3, -0.25) is 0 Å². The standard InChI is InChI=1S/C19H14ClF3N4O/c1-11(28-16-8-7-12(10-24)9-15(16)20)17-25-26-18(27(17)2)13-5-3-4-6-14(13)19(21,22)23/h3-9,11H,1-2H3. The molecule has 5 nitrogen and oxygen atoms in total. The number of hydrogen-bond acceptors (Lipinski definition) is 4. The highest BCUT2D eigenvalue weighted by Gasteiger charge is 2.35. The monoisotopic (exact) mass is 406 g/mol. The third kappa shape index (κ3) is 3.80. The highest BCUT2D eigenvalue weighted by Crippen LogP contribution is 2.37. The van der Waals surface area contributed by atoms with E-state index in [4.69, 9.17) is 21.6 Å². The Balaban J connectivity index is 1.93. The van der Waals surface area contributed by atoms with Crippen molar-refractivity contribution in [3.05, 3.63) is 64.4 Å². The predicted molar refractivity (Wildman–Crippen MR) is 96.7 cm³/mol. The normalized spacial score (nSPS) is 12.5. The first-order valence-corrected chi connectivity index (χ1v) is 8.52. The molecule has 0 amide bonds. The van der Waals surface area contributed by atoms with Gasteiger partial charge < -0.3 is 9.30 Å². The molecule has 1 heterocycles. The predicted octanol–water partition coefficient (Wildman–Crippen LogP) is 5.17. The number of nitriles is 1. The SMILES string of the molecule is CC(Oc1ccc(C#N)cc1Cl)c1nnc(-c2ccccc2C(F)(F)F)n1C. The lowest BCUT2D eigenvalue weighted by molar-refractivity contribution is -0.137. The zero-order valence-corrected chi connectivity index (χ0v) is 15.6. The number of benzene rings is 2. The fourth-order valence-corrected chi connectivity index (χ4v) is 2.99. The largest absolute Gasteiger partial charge is 0.481 e. The van der Waals surface area contributed by atoms with E-state index in [1.54, 1.807) is 26.1 Å². The van der Waals surface area contributed by atoms with Gasteiger partial charge in [-0.2, -0.15) is 18.4 Å². The lowest BCUT2D eigenvalue weighted by atomic mass is 10.1. The van der Waals surface area contributed by atoms with Crippen molar-refractivity contribution < 1.29 is 17.9 Å². The average Bonchev–Trinajstić information content (AvgIpc) is 3.04. The topological polar surface area (TPSA) is 63.7 Å². The summed E-state index contributed by atoms with van der Waals surface area (Å²) in [5, 5.41) is 17.1.